The van der Waals surface area contributed by atoms with Crippen LogP contribution in [-0.4, -0.2) is 37.3 Å². The number of amides is 2. The quantitative estimate of drug-likeness (QED) is 0.632. The molecule has 0 spiro atoms. The van der Waals surface area contributed by atoms with Gasteiger partial charge in [0.1, 0.15) is 11.6 Å². The van der Waals surface area contributed by atoms with E-state index in [0.29, 0.717) is 33.9 Å². The number of aromatic nitrogens is 2. The molecule has 4 N–H and O–H groups in total. The highest BCUT2D eigenvalue weighted by atomic mass is 32.2. The number of carbonyl (C=O) groups excluding carboxylic acids is 1. The van der Waals surface area contributed by atoms with Crippen LogP contribution < -0.4 is 15.8 Å². The highest BCUT2D eigenvalue weighted by Gasteiger charge is 2.17. The van der Waals surface area contributed by atoms with Crippen LogP contribution >= 0.6 is 0 Å². The number of ether oxygens (including phenoxy) is 1. The maximum atomic E-state index is 12.1. The number of methoxy groups -OCH3 is 1. The van der Waals surface area contributed by atoms with E-state index in [1.165, 1.54) is 19.2 Å². The van der Waals surface area contributed by atoms with Crippen molar-refractivity contribution in [3.63, 3.8) is 0 Å². The van der Waals surface area contributed by atoms with Crippen molar-refractivity contribution in [3.8, 4) is 17.1 Å². The van der Waals surface area contributed by atoms with Crippen molar-refractivity contribution in [2.24, 2.45) is 5.73 Å². The van der Waals surface area contributed by atoms with E-state index in [0.717, 1.165) is 0 Å². The van der Waals surface area contributed by atoms with Crippen LogP contribution in [0.3, 0.4) is 0 Å². The smallest absolute Gasteiger partial charge is 0.316 e. The molecule has 136 valence electrons. The summed E-state index contributed by atoms with van der Waals surface area (Å²) in [6, 6.07) is 9.15. The van der Waals surface area contributed by atoms with Crippen molar-refractivity contribution in [1.82, 2.24) is 9.97 Å². The van der Waals surface area contributed by atoms with Gasteiger partial charge >= 0.3 is 6.03 Å². The highest BCUT2D eigenvalue weighted by molar-refractivity contribution is 7.91. The van der Waals surface area contributed by atoms with Gasteiger partial charge in [0.2, 0.25) is 0 Å². The number of benzene rings is 2. The zero-order valence-corrected chi connectivity index (χ0v) is 15.1. The van der Waals surface area contributed by atoms with Crippen LogP contribution in [0.25, 0.3) is 22.4 Å². The summed E-state index contributed by atoms with van der Waals surface area (Å²) in [5.41, 5.74) is 7.66. The van der Waals surface area contributed by atoms with Crippen LogP contribution in [0.2, 0.25) is 0 Å². The number of aromatic amines is 1. The zero-order chi connectivity index (χ0) is 18.9. The van der Waals surface area contributed by atoms with Crippen molar-refractivity contribution < 1.29 is 17.9 Å². The van der Waals surface area contributed by atoms with E-state index in [-0.39, 0.29) is 10.6 Å². The van der Waals surface area contributed by atoms with E-state index in [9.17, 15) is 13.2 Å². The average molecular weight is 374 g/mol. The van der Waals surface area contributed by atoms with Gasteiger partial charge in [-0.3, -0.25) is 0 Å². The largest absolute Gasteiger partial charge is 0.496 e. The summed E-state index contributed by atoms with van der Waals surface area (Å²) >= 11 is 0. The number of rotatable bonds is 5. The maximum absolute atomic E-state index is 12.1. The van der Waals surface area contributed by atoms with Crippen LogP contribution in [-0.2, 0) is 9.84 Å². The molecule has 2 aromatic carbocycles. The second-order valence-corrected chi connectivity index (χ2v) is 7.85. The summed E-state index contributed by atoms with van der Waals surface area (Å²) < 4.78 is 29.5. The van der Waals surface area contributed by atoms with Gasteiger partial charge in [-0.15, -0.1) is 0 Å². The topological polar surface area (TPSA) is 127 Å². The number of nitrogens with one attached hydrogen (secondary N) is 2. The Bertz CT molecular complexity index is 1090. The number of imidazole rings is 1. The lowest BCUT2D eigenvalue weighted by Crippen LogP contribution is -2.19. The SMILES string of the molecule is CCS(=O)(=O)c1ccc(-c2nc3ccc(NC(N)=O)cc3[nH]2)c(OC)c1. The fourth-order valence-corrected chi connectivity index (χ4v) is 3.48. The third kappa shape index (κ3) is 3.33. The van der Waals surface area contributed by atoms with Crippen LogP contribution in [0.1, 0.15) is 6.92 Å². The molecule has 26 heavy (non-hydrogen) atoms. The second kappa shape index (κ2) is 6.68. The number of H-pyrrole nitrogens is 1. The van der Waals surface area contributed by atoms with Gasteiger partial charge in [-0.05, 0) is 36.4 Å². The molecule has 0 unspecified atom stereocenters. The number of hydrogen-bond donors (Lipinski definition) is 3. The molecule has 0 saturated carbocycles. The van der Waals surface area contributed by atoms with Gasteiger partial charge in [-0.1, -0.05) is 6.92 Å². The van der Waals surface area contributed by atoms with Gasteiger partial charge in [-0.2, -0.15) is 0 Å². The Morgan fingerprint density at radius 1 is 1.27 bits per heavy atom. The first kappa shape index (κ1) is 17.7. The van der Waals surface area contributed by atoms with Crippen molar-refractivity contribution in [1.29, 1.82) is 0 Å². The molecule has 0 atom stereocenters. The van der Waals surface area contributed by atoms with E-state index < -0.39 is 15.9 Å². The molecule has 0 saturated heterocycles. The number of nitrogens with zero attached hydrogens (tertiary/aromatic N) is 1. The average Bonchev–Trinajstić information content (AvgIpc) is 3.03. The van der Waals surface area contributed by atoms with Gasteiger partial charge < -0.3 is 20.8 Å². The summed E-state index contributed by atoms with van der Waals surface area (Å²) in [5, 5.41) is 2.50. The Morgan fingerprint density at radius 2 is 2.04 bits per heavy atom. The number of anilines is 1. The Labute approximate surface area is 150 Å². The normalized spacial score (nSPS) is 11.5. The first-order valence-corrected chi connectivity index (χ1v) is 9.46. The molecule has 0 aliphatic heterocycles. The summed E-state index contributed by atoms with van der Waals surface area (Å²) in [6.45, 7) is 1.59. The molecule has 9 heteroatoms. The first-order chi connectivity index (χ1) is 12.3. The Kier molecular flexibility index (Phi) is 4.56. The minimum atomic E-state index is -3.33. The van der Waals surface area contributed by atoms with Gasteiger partial charge in [0.25, 0.3) is 0 Å². The van der Waals surface area contributed by atoms with Crippen molar-refractivity contribution >= 4 is 32.6 Å². The second-order valence-electron chi connectivity index (χ2n) is 5.57. The van der Waals surface area contributed by atoms with E-state index in [2.05, 4.69) is 15.3 Å². The number of sulfone groups is 1. The molecular formula is C17H18N4O4S. The molecule has 2 amide bonds. The van der Waals surface area contributed by atoms with E-state index in [4.69, 9.17) is 10.5 Å². The monoisotopic (exact) mass is 374 g/mol. The number of carbonyl (C=O) groups is 1. The van der Waals surface area contributed by atoms with Crippen molar-refractivity contribution in [2.75, 3.05) is 18.2 Å². The molecule has 3 rings (SSSR count). The van der Waals surface area contributed by atoms with Crippen molar-refractivity contribution in [2.45, 2.75) is 11.8 Å². The third-order valence-corrected chi connectivity index (χ3v) is 5.65. The van der Waals surface area contributed by atoms with Crippen molar-refractivity contribution in [3.05, 3.63) is 36.4 Å². The summed E-state index contributed by atoms with van der Waals surface area (Å²) in [5.74, 6) is 0.929. The zero-order valence-electron chi connectivity index (χ0n) is 14.2. The molecule has 0 radical (unpaired) electrons. The Morgan fingerprint density at radius 3 is 2.69 bits per heavy atom. The Hall–Kier alpha value is -3.07. The molecule has 0 bridgehead atoms. The lowest BCUT2D eigenvalue weighted by atomic mass is 10.2. The molecular weight excluding hydrogens is 356 g/mol. The minimum Gasteiger partial charge on any atom is -0.496 e. The van der Waals surface area contributed by atoms with Crippen LogP contribution in [0, 0.1) is 0 Å². The molecule has 0 aliphatic carbocycles. The van der Waals surface area contributed by atoms with Gasteiger partial charge in [0.15, 0.2) is 9.84 Å². The number of urea groups is 1. The number of primary amides is 1. The van der Waals surface area contributed by atoms with E-state index in [1.807, 2.05) is 0 Å². The number of hydrogen-bond acceptors (Lipinski definition) is 5. The Balaban J connectivity index is 2.07. The molecule has 0 aliphatic rings. The van der Waals surface area contributed by atoms with Gasteiger partial charge in [-0.25, -0.2) is 18.2 Å². The summed E-state index contributed by atoms with van der Waals surface area (Å²) in [7, 11) is -1.86. The third-order valence-electron chi connectivity index (χ3n) is 3.92. The van der Waals surface area contributed by atoms with Gasteiger partial charge in [0.05, 0.1) is 34.4 Å². The van der Waals surface area contributed by atoms with Crippen LogP contribution in [0.15, 0.2) is 41.3 Å². The fourth-order valence-electron chi connectivity index (χ4n) is 2.58. The molecule has 1 aromatic heterocycles. The van der Waals surface area contributed by atoms with Crippen LogP contribution in [0.5, 0.6) is 5.75 Å². The maximum Gasteiger partial charge on any atom is 0.316 e. The molecule has 3 aromatic rings. The standard InChI is InChI=1S/C17H18N4O4S/c1-3-26(23,24)11-5-6-12(15(9-11)25-2)16-20-13-7-4-10(19-17(18)22)8-14(13)21-16/h4-9H,3H2,1-2H3,(H,20,21)(H3,18,19,22). The number of fused-ring (bicyclic) bond motifs is 1. The van der Waals surface area contributed by atoms with E-state index >= 15 is 0 Å². The molecule has 0 fully saturated rings. The number of nitrogens with two attached hydrogens (primary N) is 1. The van der Waals surface area contributed by atoms with Crippen LogP contribution in [0.4, 0.5) is 10.5 Å². The first-order valence-electron chi connectivity index (χ1n) is 7.81. The predicted molar refractivity (Wildman–Crippen MR) is 99.0 cm³/mol. The summed E-state index contributed by atoms with van der Waals surface area (Å²) in [4.78, 5) is 18.8. The minimum absolute atomic E-state index is 0.00970. The predicted octanol–water partition coefficient (Wildman–Crippen LogP) is 2.52. The summed E-state index contributed by atoms with van der Waals surface area (Å²) in [6.07, 6.45) is 0. The lowest BCUT2D eigenvalue weighted by Gasteiger charge is -2.09. The van der Waals surface area contributed by atoms with Gasteiger partial charge in [0, 0.05) is 5.69 Å². The highest BCUT2D eigenvalue weighted by Crippen LogP contribution is 2.32. The van der Waals surface area contributed by atoms with E-state index in [1.54, 1.807) is 31.2 Å². The molecule has 1 heterocycles. The lowest BCUT2D eigenvalue weighted by molar-refractivity contribution is 0.259. The molecule has 8 nitrogen and oxygen atoms in total. The fraction of sp³-hybridized carbons (Fsp3) is 0.176.